The van der Waals surface area contributed by atoms with E-state index in [1.807, 2.05) is 17.9 Å². The first-order chi connectivity index (χ1) is 11.2. The van der Waals surface area contributed by atoms with Crippen molar-refractivity contribution in [2.75, 3.05) is 39.3 Å². The van der Waals surface area contributed by atoms with E-state index in [1.54, 1.807) is 0 Å². The summed E-state index contributed by atoms with van der Waals surface area (Å²) in [7, 11) is 1.96. The molecular weight excluding hydrogens is 324 g/mol. The zero-order valence-corrected chi connectivity index (χ0v) is 15.3. The van der Waals surface area contributed by atoms with Gasteiger partial charge >= 0.3 is 0 Å². The lowest BCUT2D eigenvalue weighted by Gasteiger charge is -2.32. The van der Waals surface area contributed by atoms with Crippen LogP contribution in [0.5, 0.6) is 0 Å². The minimum Gasteiger partial charge on any atom is -0.314 e. The SMILES string of the molecule is Cc1nn(C)c2ncc(CN3CCC(N4CCNCC4)C3)cc12.Cl. The Morgan fingerprint density at radius 1 is 1.25 bits per heavy atom. The zero-order valence-electron chi connectivity index (χ0n) is 14.5. The van der Waals surface area contributed by atoms with Gasteiger partial charge in [0.1, 0.15) is 0 Å². The first-order valence-electron chi connectivity index (χ1n) is 8.66. The lowest BCUT2D eigenvalue weighted by molar-refractivity contribution is 0.170. The van der Waals surface area contributed by atoms with Gasteiger partial charge in [-0.25, -0.2) is 4.98 Å². The quantitative estimate of drug-likeness (QED) is 0.900. The van der Waals surface area contributed by atoms with Crippen LogP contribution in [-0.2, 0) is 13.6 Å². The number of rotatable bonds is 3. The van der Waals surface area contributed by atoms with Gasteiger partial charge in [-0.15, -0.1) is 12.4 Å². The molecule has 1 unspecified atom stereocenters. The average Bonchev–Trinajstić information content (AvgIpc) is 3.14. The number of fused-ring (bicyclic) bond motifs is 1. The molecule has 0 amide bonds. The normalized spacial score (nSPS) is 22.8. The summed E-state index contributed by atoms with van der Waals surface area (Å²) in [5, 5.41) is 9.09. The summed E-state index contributed by atoms with van der Waals surface area (Å²) in [6.07, 6.45) is 3.31. The Morgan fingerprint density at radius 2 is 2.04 bits per heavy atom. The smallest absolute Gasteiger partial charge is 0.157 e. The summed E-state index contributed by atoms with van der Waals surface area (Å²) in [6, 6.07) is 3.00. The van der Waals surface area contributed by atoms with Crippen LogP contribution in [-0.4, -0.2) is 69.9 Å². The van der Waals surface area contributed by atoms with Crippen molar-refractivity contribution in [1.82, 2.24) is 29.9 Å². The maximum absolute atomic E-state index is 4.61. The molecule has 6 nitrogen and oxygen atoms in total. The molecule has 132 valence electrons. The van der Waals surface area contributed by atoms with E-state index in [-0.39, 0.29) is 12.4 Å². The van der Waals surface area contributed by atoms with Crippen molar-refractivity contribution in [2.24, 2.45) is 7.05 Å². The number of likely N-dealkylation sites (tertiary alicyclic amines) is 1. The van der Waals surface area contributed by atoms with Gasteiger partial charge in [-0.1, -0.05) is 0 Å². The number of halogens is 1. The Morgan fingerprint density at radius 3 is 2.83 bits per heavy atom. The van der Waals surface area contributed by atoms with Crippen LogP contribution in [0.2, 0.25) is 0 Å². The van der Waals surface area contributed by atoms with Gasteiger partial charge in [0, 0.05) is 70.5 Å². The molecule has 0 saturated carbocycles. The zero-order chi connectivity index (χ0) is 15.8. The van der Waals surface area contributed by atoms with Crippen LogP contribution < -0.4 is 5.32 Å². The molecule has 0 spiro atoms. The topological polar surface area (TPSA) is 49.2 Å². The largest absolute Gasteiger partial charge is 0.314 e. The second-order valence-electron chi connectivity index (χ2n) is 6.89. The second-order valence-corrected chi connectivity index (χ2v) is 6.89. The molecular formula is C17H27ClN6. The van der Waals surface area contributed by atoms with Crippen molar-refractivity contribution in [3.63, 3.8) is 0 Å². The summed E-state index contributed by atoms with van der Waals surface area (Å²) in [5.41, 5.74) is 3.35. The minimum atomic E-state index is 0. The van der Waals surface area contributed by atoms with Gasteiger partial charge in [-0.05, 0) is 25.0 Å². The molecule has 2 aliphatic heterocycles. The maximum Gasteiger partial charge on any atom is 0.157 e. The molecule has 2 fully saturated rings. The van der Waals surface area contributed by atoms with Crippen LogP contribution in [0.3, 0.4) is 0 Å². The van der Waals surface area contributed by atoms with Gasteiger partial charge < -0.3 is 5.32 Å². The fourth-order valence-corrected chi connectivity index (χ4v) is 4.00. The number of aryl methyl sites for hydroxylation is 2. The third-order valence-electron chi connectivity index (χ3n) is 5.24. The highest BCUT2D eigenvalue weighted by atomic mass is 35.5. The summed E-state index contributed by atoms with van der Waals surface area (Å²) < 4.78 is 1.87. The molecule has 2 aromatic rings. The number of hydrogen-bond acceptors (Lipinski definition) is 5. The maximum atomic E-state index is 4.61. The van der Waals surface area contributed by atoms with Crippen LogP contribution in [0.4, 0.5) is 0 Å². The lowest BCUT2D eigenvalue weighted by Crippen LogP contribution is -2.49. The summed E-state index contributed by atoms with van der Waals surface area (Å²) in [5.74, 6) is 0. The Balaban J connectivity index is 0.00000169. The highest BCUT2D eigenvalue weighted by Crippen LogP contribution is 2.21. The molecule has 0 aliphatic carbocycles. The molecule has 24 heavy (non-hydrogen) atoms. The van der Waals surface area contributed by atoms with E-state index in [2.05, 4.69) is 38.2 Å². The van der Waals surface area contributed by atoms with E-state index in [0.717, 1.165) is 37.0 Å². The van der Waals surface area contributed by atoms with E-state index >= 15 is 0 Å². The summed E-state index contributed by atoms with van der Waals surface area (Å²) in [4.78, 5) is 9.83. The van der Waals surface area contributed by atoms with E-state index in [1.165, 1.54) is 43.5 Å². The molecule has 0 radical (unpaired) electrons. The van der Waals surface area contributed by atoms with Gasteiger partial charge in [0.2, 0.25) is 0 Å². The van der Waals surface area contributed by atoms with Gasteiger partial charge in [-0.2, -0.15) is 5.10 Å². The van der Waals surface area contributed by atoms with E-state index in [4.69, 9.17) is 0 Å². The Bertz CT molecular complexity index is 694. The van der Waals surface area contributed by atoms with Crippen LogP contribution >= 0.6 is 12.4 Å². The monoisotopic (exact) mass is 350 g/mol. The lowest BCUT2D eigenvalue weighted by atomic mass is 10.2. The Kier molecular flexibility index (Phi) is 5.39. The molecule has 0 bridgehead atoms. The minimum absolute atomic E-state index is 0. The highest BCUT2D eigenvalue weighted by molar-refractivity contribution is 5.85. The van der Waals surface area contributed by atoms with E-state index in [9.17, 15) is 0 Å². The van der Waals surface area contributed by atoms with Gasteiger partial charge in [0.05, 0.1) is 5.69 Å². The van der Waals surface area contributed by atoms with E-state index < -0.39 is 0 Å². The molecule has 2 saturated heterocycles. The predicted molar refractivity (Wildman–Crippen MR) is 98.6 cm³/mol. The standard InChI is InChI=1S/C17H26N6.ClH/c1-13-16-9-14(10-19-17(16)21(2)20-13)11-22-6-3-15(12-22)23-7-4-18-5-8-23;/h9-10,15,18H,3-8,11-12H2,1-2H3;1H. The van der Waals surface area contributed by atoms with Crippen molar-refractivity contribution in [2.45, 2.75) is 25.9 Å². The summed E-state index contributed by atoms with van der Waals surface area (Å²) >= 11 is 0. The molecule has 2 aliphatic rings. The molecule has 7 heteroatoms. The molecule has 1 atom stereocenters. The van der Waals surface area contributed by atoms with Crippen LogP contribution in [0.15, 0.2) is 12.3 Å². The average molecular weight is 351 g/mol. The predicted octanol–water partition coefficient (Wildman–Crippen LogP) is 1.18. The second kappa shape index (κ2) is 7.35. The third-order valence-corrected chi connectivity index (χ3v) is 5.24. The van der Waals surface area contributed by atoms with E-state index in [0.29, 0.717) is 0 Å². The number of aromatic nitrogens is 3. The first-order valence-corrected chi connectivity index (χ1v) is 8.66. The van der Waals surface area contributed by atoms with Crippen molar-refractivity contribution < 1.29 is 0 Å². The van der Waals surface area contributed by atoms with Crippen LogP contribution in [0.1, 0.15) is 17.7 Å². The molecule has 0 aromatic carbocycles. The van der Waals surface area contributed by atoms with Crippen LogP contribution in [0.25, 0.3) is 11.0 Å². The highest BCUT2D eigenvalue weighted by Gasteiger charge is 2.28. The Hall–Kier alpha value is -1.21. The first kappa shape index (κ1) is 17.6. The molecule has 4 rings (SSSR count). The van der Waals surface area contributed by atoms with Crippen molar-refractivity contribution in [1.29, 1.82) is 0 Å². The van der Waals surface area contributed by atoms with Crippen LogP contribution in [0, 0.1) is 6.92 Å². The molecule has 4 heterocycles. The van der Waals surface area contributed by atoms with Gasteiger partial charge in [-0.3, -0.25) is 14.5 Å². The number of pyridine rings is 1. The van der Waals surface area contributed by atoms with Crippen molar-refractivity contribution in [3.8, 4) is 0 Å². The molecule has 2 aromatic heterocycles. The summed E-state index contributed by atoms with van der Waals surface area (Å²) in [6.45, 7) is 10.1. The molecule has 1 N–H and O–H groups in total. The van der Waals surface area contributed by atoms with Crippen molar-refractivity contribution in [3.05, 3.63) is 23.5 Å². The number of nitrogens with zero attached hydrogens (tertiary/aromatic N) is 5. The van der Waals surface area contributed by atoms with Gasteiger partial charge in [0.15, 0.2) is 5.65 Å². The third kappa shape index (κ3) is 3.42. The van der Waals surface area contributed by atoms with Crippen molar-refractivity contribution >= 4 is 23.4 Å². The number of hydrogen-bond donors (Lipinski definition) is 1. The fourth-order valence-electron chi connectivity index (χ4n) is 4.00. The Labute approximate surface area is 149 Å². The number of piperazine rings is 1. The number of nitrogens with one attached hydrogen (secondary N) is 1. The van der Waals surface area contributed by atoms with Gasteiger partial charge in [0.25, 0.3) is 0 Å². The fraction of sp³-hybridized carbons (Fsp3) is 0.647.